The fourth-order valence-electron chi connectivity index (χ4n) is 2.27. The lowest BCUT2D eigenvalue weighted by atomic mass is 9.86. The summed E-state index contributed by atoms with van der Waals surface area (Å²) in [5.74, 6) is 1.22. The molecule has 1 aliphatic heterocycles. The zero-order valence-corrected chi connectivity index (χ0v) is 10.2. The molecule has 0 spiro atoms. The highest BCUT2D eigenvalue weighted by Crippen LogP contribution is 2.32. The van der Waals surface area contributed by atoms with Crippen LogP contribution in [0.5, 0.6) is 0 Å². The SMILES string of the molecule is CC1(c2ncc(CN)[nH]2)CCCS(=O)(=O)C1. The molecule has 1 aromatic heterocycles. The van der Waals surface area contributed by atoms with Crippen molar-refractivity contribution in [2.24, 2.45) is 5.73 Å². The Hall–Kier alpha value is -0.880. The van der Waals surface area contributed by atoms with Crippen LogP contribution in [-0.4, -0.2) is 29.9 Å². The first kappa shape index (κ1) is 11.6. The smallest absolute Gasteiger partial charge is 0.151 e. The Morgan fingerprint density at radius 3 is 2.94 bits per heavy atom. The molecular weight excluding hydrogens is 226 g/mol. The third-order valence-corrected chi connectivity index (χ3v) is 5.13. The van der Waals surface area contributed by atoms with Crippen LogP contribution in [0.3, 0.4) is 0 Å². The maximum Gasteiger partial charge on any atom is 0.151 e. The van der Waals surface area contributed by atoms with Gasteiger partial charge in [-0.15, -0.1) is 0 Å². The number of aromatic amines is 1. The molecule has 2 rings (SSSR count). The Bertz CT molecular complexity index is 480. The molecule has 2 heterocycles. The summed E-state index contributed by atoms with van der Waals surface area (Å²) in [6, 6.07) is 0. The Balaban J connectivity index is 2.31. The van der Waals surface area contributed by atoms with E-state index in [1.165, 1.54) is 0 Å². The van der Waals surface area contributed by atoms with E-state index in [4.69, 9.17) is 5.73 Å². The van der Waals surface area contributed by atoms with Crippen LogP contribution in [0.2, 0.25) is 0 Å². The monoisotopic (exact) mass is 243 g/mol. The van der Waals surface area contributed by atoms with Gasteiger partial charge in [0.05, 0.1) is 11.5 Å². The van der Waals surface area contributed by atoms with Gasteiger partial charge in [-0.25, -0.2) is 13.4 Å². The predicted molar refractivity (Wildman–Crippen MR) is 61.7 cm³/mol. The van der Waals surface area contributed by atoms with Crippen LogP contribution < -0.4 is 5.73 Å². The number of nitrogens with two attached hydrogens (primary N) is 1. The van der Waals surface area contributed by atoms with E-state index in [0.29, 0.717) is 18.7 Å². The minimum Gasteiger partial charge on any atom is -0.344 e. The fourth-order valence-corrected chi connectivity index (χ4v) is 4.25. The Morgan fingerprint density at radius 1 is 1.62 bits per heavy atom. The lowest BCUT2D eigenvalue weighted by Gasteiger charge is -2.31. The van der Waals surface area contributed by atoms with Gasteiger partial charge >= 0.3 is 0 Å². The van der Waals surface area contributed by atoms with E-state index in [2.05, 4.69) is 9.97 Å². The van der Waals surface area contributed by atoms with Gasteiger partial charge in [0, 0.05) is 23.9 Å². The quantitative estimate of drug-likeness (QED) is 0.783. The molecule has 6 heteroatoms. The molecule has 1 saturated heterocycles. The van der Waals surface area contributed by atoms with Crippen LogP contribution in [0.1, 0.15) is 31.3 Å². The van der Waals surface area contributed by atoms with Crippen molar-refractivity contribution in [1.82, 2.24) is 9.97 Å². The highest BCUT2D eigenvalue weighted by atomic mass is 32.2. The number of H-pyrrole nitrogens is 1. The molecule has 1 atom stereocenters. The average Bonchev–Trinajstić information content (AvgIpc) is 2.64. The second kappa shape index (κ2) is 3.85. The highest BCUT2D eigenvalue weighted by Gasteiger charge is 2.38. The van der Waals surface area contributed by atoms with Crippen molar-refractivity contribution in [3.05, 3.63) is 17.7 Å². The number of sulfone groups is 1. The topological polar surface area (TPSA) is 88.8 Å². The molecule has 1 aromatic rings. The van der Waals surface area contributed by atoms with Crippen molar-refractivity contribution in [3.8, 4) is 0 Å². The summed E-state index contributed by atoms with van der Waals surface area (Å²) in [5.41, 5.74) is 5.96. The zero-order chi connectivity index (χ0) is 11.8. The van der Waals surface area contributed by atoms with Gasteiger partial charge in [0.25, 0.3) is 0 Å². The summed E-state index contributed by atoms with van der Waals surface area (Å²) < 4.78 is 23.3. The molecule has 16 heavy (non-hydrogen) atoms. The summed E-state index contributed by atoms with van der Waals surface area (Å²) in [7, 11) is -2.93. The Morgan fingerprint density at radius 2 is 2.38 bits per heavy atom. The van der Waals surface area contributed by atoms with Crippen molar-refractivity contribution < 1.29 is 8.42 Å². The van der Waals surface area contributed by atoms with Crippen LogP contribution in [0.25, 0.3) is 0 Å². The highest BCUT2D eigenvalue weighted by molar-refractivity contribution is 7.91. The molecule has 0 amide bonds. The predicted octanol–water partition coefficient (Wildman–Crippen LogP) is 0.335. The van der Waals surface area contributed by atoms with Crippen molar-refractivity contribution in [1.29, 1.82) is 0 Å². The van der Waals surface area contributed by atoms with Gasteiger partial charge in [0.15, 0.2) is 9.84 Å². The van der Waals surface area contributed by atoms with Crippen LogP contribution in [0.4, 0.5) is 0 Å². The van der Waals surface area contributed by atoms with Gasteiger partial charge in [0.2, 0.25) is 0 Å². The van der Waals surface area contributed by atoms with Crippen molar-refractivity contribution in [2.75, 3.05) is 11.5 Å². The van der Waals surface area contributed by atoms with Gasteiger partial charge in [-0.1, -0.05) is 6.92 Å². The van der Waals surface area contributed by atoms with Gasteiger partial charge < -0.3 is 10.7 Å². The van der Waals surface area contributed by atoms with Gasteiger partial charge in [-0.2, -0.15) is 0 Å². The van der Waals surface area contributed by atoms with Gasteiger partial charge in [0.1, 0.15) is 5.82 Å². The maximum atomic E-state index is 11.6. The minimum absolute atomic E-state index is 0.178. The molecule has 0 aliphatic carbocycles. The van der Waals surface area contributed by atoms with Crippen molar-refractivity contribution in [3.63, 3.8) is 0 Å². The van der Waals surface area contributed by atoms with E-state index in [-0.39, 0.29) is 11.2 Å². The number of imidazole rings is 1. The molecule has 0 saturated carbocycles. The molecule has 1 unspecified atom stereocenters. The largest absolute Gasteiger partial charge is 0.344 e. The number of nitrogens with zero attached hydrogens (tertiary/aromatic N) is 1. The van der Waals surface area contributed by atoms with E-state index in [0.717, 1.165) is 17.9 Å². The standard InChI is InChI=1S/C10H17N3O2S/c1-10(3-2-4-16(14,15)7-10)9-12-6-8(5-11)13-9/h6H,2-5,7,11H2,1H3,(H,12,13). The summed E-state index contributed by atoms with van der Waals surface area (Å²) >= 11 is 0. The summed E-state index contributed by atoms with van der Waals surface area (Å²) in [6.45, 7) is 2.35. The fraction of sp³-hybridized carbons (Fsp3) is 0.700. The van der Waals surface area contributed by atoms with E-state index < -0.39 is 9.84 Å². The maximum absolute atomic E-state index is 11.6. The molecule has 3 N–H and O–H groups in total. The van der Waals surface area contributed by atoms with Gasteiger partial charge in [-0.05, 0) is 12.8 Å². The third kappa shape index (κ3) is 2.12. The molecule has 0 bridgehead atoms. The minimum atomic E-state index is -2.93. The lowest BCUT2D eigenvalue weighted by Crippen LogP contribution is -2.38. The normalized spacial score (nSPS) is 29.1. The Labute approximate surface area is 95.4 Å². The molecule has 0 aromatic carbocycles. The number of rotatable bonds is 2. The molecule has 1 aliphatic rings. The van der Waals surface area contributed by atoms with E-state index in [1.807, 2.05) is 6.92 Å². The molecular formula is C10H17N3O2S. The summed E-state index contributed by atoms with van der Waals surface area (Å²) in [4.78, 5) is 7.36. The number of aromatic nitrogens is 2. The number of hydrogen-bond acceptors (Lipinski definition) is 4. The van der Waals surface area contributed by atoms with Crippen LogP contribution >= 0.6 is 0 Å². The van der Waals surface area contributed by atoms with Crippen LogP contribution in [0.15, 0.2) is 6.20 Å². The van der Waals surface area contributed by atoms with E-state index >= 15 is 0 Å². The van der Waals surface area contributed by atoms with Crippen LogP contribution in [0, 0.1) is 0 Å². The Kier molecular flexibility index (Phi) is 2.79. The second-order valence-corrected chi connectivity index (χ2v) is 6.90. The molecule has 90 valence electrons. The van der Waals surface area contributed by atoms with E-state index in [9.17, 15) is 8.42 Å². The van der Waals surface area contributed by atoms with E-state index in [1.54, 1.807) is 6.20 Å². The van der Waals surface area contributed by atoms with Crippen molar-refractivity contribution in [2.45, 2.75) is 31.7 Å². The zero-order valence-electron chi connectivity index (χ0n) is 9.36. The lowest BCUT2D eigenvalue weighted by molar-refractivity contribution is 0.425. The second-order valence-electron chi connectivity index (χ2n) is 4.72. The summed E-state index contributed by atoms with van der Waals surface area (Å²) in [5, 5.41) is 0. The molecule has 1 fully saturated rings. The van der Waals surface area contributed by atoms with Crippen LogP contribution in [-0.2, 0) is 21.8 Å². The average molecular weight is 243 g/mol. The number of nitrogens with one attached hydrogen (secondary N) is 1. The summed E-state index contributed by atoms with van der Waals surface area (Å²) in [6.07, 6.45) is 3.24. The first-order valence-electron chi connectivity index (χ1n) is 5.40. The van der Waals surface area contributed by atoms with Crippen molar-refractivity contribution >= 4 is 9.84 Å². The first-order valence-corrected chi connectivity index (χ1v) is 7.22. The first-order chi connectivity index (χ1) is 7.45. The third-order valence-electron chi connectivity index (χ3n) is 3.14. The van der Waals surface area contributed by atoms with Gasteiger partial charge in [-0.3, -0.25) is 0 Å². The molecule has 5 nitrogen and oxygen atoms in total. The molecule has 0 radical (unpaired) electrons. The number of hydrogen-bond donors (Lipinski definition) is 2.